The zero-order chi connectivity index (χ0) is 17.8. The van der Waals surface area contributed by atoms with Crippen LogP contribution >= 0.6 is 0 Å². The van der Waals surface area contributed by atoms with E-state index in [4.69, 9.17) is 5.26 Å². The van der Waals surface area contributed by atoms with Gasteiger partial charge in [0.2, 0.25) is 5.91 Å². The summed E-state index contributed by atoms with van der Waals surface area (Å²) in [5.74, 6) is 1.64. The number of nitrogens with zero attached hydrogens (tertiary/aromatic N) is 6. The molecular formula is C17H21N7O. The molecule has 1 atom stereocenters. The fourth-order valence-electron chi connectivity index (χ4n) is 3.09. The molecule has 0 aliphatic carbocycles. The van der Waals surface area contributed by atoms with Crippen molar-refractivity contribution in [1.29, 1.82) is 5.26 Å². The normalized spacial score (nSPS) is 16.3. The second-order valence-electron chi connectivity index (χ2n) is 6.31. The maximum Gasteiger partial charge on any atom is 0.223 e. The molecule has 25 heavy (non-hydrogen) atoms. The third kappa shape index (κ3) is 3.76. The molecule has 3 heterocycles. The van der Waals surface area contributed by atoms with Gasteiger partial charge >= 0.3 is 0 Å². The predicted molar refractivity (Wildman–Crippen MR) is 91.4 cm³/mol. The van der Waals surface area contributed by atoms with Gasteiger partial charge in [-0.1, -0.05) is 0 Å². The van der Waals surface area contributed by atoms with E-state index in [9.17, 15) is 4.79 Å². The number of hydrogen-bond acceptors (Lipinski definition) is 6. The Hall–Kier alpha value is -2.95. The number of rotatable bonds is 4. The van der Waals surface area contributed by atoms with Crippen LogP contribution in [0.25, 0.3) is 0 Å². The number of anilines is 1. The van der Waals surface area contributed by atoms with Gasteiger partial charge in [0.05, 0.1) is 11.6 Å². The number of aromatic nitrogens is 4. The molecule has 1 N–H and O–H groups in total. The minimum absolute atomic E-state index is 0.00897. The summed E-state index contributed by atoms with van der Waals surface area (Å²) < 4.78 is 1.81. The van der Waals surface area contributed by atoms with Gasteiger partial charge in [-0.05, 0) is 31.9 Å². The van der Waals surface area contributed by atoms with Gasteiger partial charge in [-0.15, -0.1) is 10.2 Å². The molecule has 1 aliphatic rings. The number of nitriles is 1. The lowest BCUT2D eigenvalue weighted by molar-refractivity contribution is -0.126. The molecule has 0 radical (unpaired) electrons. The maximum atomic E-state index is 12.5. The summed E-state index contributed by atoms with van der Waals surface area (Å²) in [4.78, 5) is 19.0. The van der Waals surface area contributed by atoms with Crippen LogP contribution < -0.4 is 10.2 Å². The molecule has 1 unspecified atom stereocenters. The topological polar surface area (TPSA) is 99.7 Å². The van der Waals surface area contributed by atoms with E-state index in [1.807, 2.05) is 24.6 Å². The van der Waals surface area contributed by atoms with Crippen molar-refractivity contribution < 1.29 is 4.79 Å². The number of hydrogen-bond donors (Lipinski definition) is 1. The van der Waals surface area contributed by atoms with Crippen molar-refractivity contribution in [3.63, 3.8) is 0 Å². The van der Waals surface area contributed by atoms with Crippen molar-refractivity contribution in [3.8, 4) is 6.07 Å². The first kappa shape index (κ1) is 16.9. The number of piperidine rings is 1. The summed E-state index contributed by atoms with van der Waals surface area (Å²) in [6, 6.07) is 5.52. The molecule has 130 valence electrons. The van der Waals surface area contributed by atoms with Gasteiger partial charge in [0.25, 0.3) is 0 Å². The Kier molecular flexibility index (Phi) is 4.93. The average Bonchev–Trinajstić information content (AvgIpc) is 3.08. The number of amides is 1. The molecule has 1 aliphatic heterocycles. The number of aryl methyl sites for hydroxylation is 1. The van der Waals surface area contributed by atoms with Crippen LogP contribution in [0, 0.1) is 17.2 Å². The summed E-state index contributed by atoms with van der Waals surface area (Å²) >= 11 is 0. The average molecular weight is 339 g/mol. The van der Waals surface area contributed by atoms with Crippen LogP contribution in [0.3, 0.4) is 0 Å². The van der Waals surface area contributed by atoms with E-state index in [1.165, 1.54) is 0 Å². The van der Waals surface area contributed by atoms with E-state index in [0.717, 1.165) is 37.6 Å². The second kappa shape index (κ2) is 7.30. The molecule has 1 amide bonds. The molecule has 2 aromatic rings. The van der Waals surface area contributed by atoms with Gasteiger partial charge in [0.1, 0.15) is 18.2 Å². The van der Waals surface area contributed by atoms with E-state index in [2.05, 4.69) is 31.5 Å². The molecule has 8 nitrogen and oxygen atoms in total. The van der Waals surface area contributed by atoms with Crippen molar-refractivity contribution in [2.75, 3.05) is 18.0 Å². The van der Waals surface area contributed by atoms with Crippen molar-refractivity contribution in [1.82, 2.24) is 25.1 Å². The van der Waals surface area contributed by atoms with Gasteiger partial charge in [-0.2, -0.15) is 5.26 Å². The molecule has 3 rings (SSSR count). The van der Waals surface area contributed by atoms with Crippen LogP contribution in [0.5, 0.6) is 0 Å². The minimum atomic E-state index is -0.168. The lowest BCUT2D eigenvalue weighted by atomic mass is 9.95. The molecule has 8 heteroatoms. The quantitative estimate of drug-likeness (QED) is 0.898. The van der Waals surface area contributed by atoms with Gasteiger partial charge < -0.3 is 14.8 Å². The highest BCUT2D eigenvalue weighted by atomic mass is 16.2. The van der Waals surface area contributed by atoms with Crippen molar-refractivity contribution in [3.05, 3.63) is 36.0 Å². The molecule has 0 saturated carbocycles. The smallest absolute Gasteiger partial charge is 0.223 e. The third-order valence-electron chi connectivity index (χ3n) is 4.56. The first-order valence-electron chi connectivity index (χ1n) is 8.34. The Morgan fingerprint density at radius 3 is 2.72 bits per heavy atom. The molecule has 2 aromatic heterocycles. The maximum absolute atomic E-state index is 12.5. The summed E-state index contributed by atoms with van der Waals surface area (Å²) in [5.41, 5.74) is 0.552. The Morgan fingerprint density at radius 1 is 1.40 bits per heavy atom. The lowest BCUT2D eigenvalue weighted by Crippen LogP contribution is -2.41. The van der Waals surface area contributed by atoms with E-state index in [0.29, 0.717) is 5.56 Å². The predicted octanol–water partition coefficient (Wildman–Crippen LogP) is 1.18. The summed E-state index contributed by atoms with van der Waals surface area (Å²) in [7, 11) is 1.86. The third-order valence-corrected chi connectivity index (χ3v) is 4.56. The first-order valence-corrected chi connectivity index (χ1v) is 8.34. The van der Waals surface area contributed by atoms with Gasteiger partial charge in [0, 0.05) is 32.3 Å². The highest BCUT2D eigenvalue weighted by Gasteiger charge is 2.27. The molecule has 0 spiro atoms. The van der Waals surface area contributed by atoms with Gasteiger partial charge in [-0.3, -0.25) is 4.79 Å². The lowest BCUT2D eigenvalue weighted by Gasteiger charge is -2.32. The molecule has 0 bridgehead atoms. The van der Waals surface area contributed by atoms with Crippen molar-refractivity contribution >= 4 is 11.7 Å². The molecule has 1 fully saturated rings. The number of carbonyl (C=O) groups excluding carboxylic acids is 1. The summed E-state index contributed by atoms with van der Waals surface area (Å²) in [6.07, 6.45) is 4.76. The second-order valence-corrected chi connectivity index (χ2v) is 6.31. The fourth-order valence-corrected chi connectivity index (χ4v) is 3.09. The molecule has 1 saturated heterocycles. The Balaban J connectivity index is 1.53. The number of carbonyl (C=O) groups is 1. The Morgan fingerprint density at radius 2 is 2.16 bits per heavy atom. The molecular weight excluding hydrogens is 318 g/mol. The summed E-state index contributed by atoms with van der Waals surface area (Å²) in [6.45, 7) is 3.46. The fraction of sp³-hybridized carbons (Fsp3) is 0.471. The number of pyridine rings is 1. The number of nitrogens with one attached hydrogen (secondary N) is 1. The molecule has 0 aromatic carbocycles. The van der Waals surface area contributed by atoms with E-state index in [-0.39, 0.29) is 17.9 Å². The zero-order valence-corrected chi connectivity index (χ0v) is 14.4. The zero-order valence-electron chi connectivity index (χ0n) is 14.4. The van der Waals surface area contributed by atoms with Crippen LogP contribution in [0.4, 0.5) is 5.82 Å². The van der Waals surface area contributed by atoms with Crippen molar-refractivity contribution in [2.24, 2.45) is 13.0 Å². The minimum Gasteiger partial charge on any atom is -0.357 e. The highest BCUT2D eigenvalue weighted by molar-refractivity contribution is 5.79. The van der Waals surface area contributed by atoms with Crippen molar-refractivity contribution in [2.45, 2.75) is 25.8 Å². The van der Waals surface area contributed by atoms with Crippen LogP contribution in [-0.4, -0.2) is 38.7 Å². The monoisotopic (exact) mass is 339 g/mol. The van der Waals surface area contributed by atoms with Gasteiger partial charge in [0.15, 0.2) is 5.82 Å². The van der Waals surface area contributed by atoms with Gasteiger partial charge in [-0.25, -0.2) is 4.98 Å². The van der Waals surface area contributed by atoms with E-state index >= 15 is 0 Å². The SMILES string of the molecule is CC(NC(=O)C1CCN(c2ccc(C#N)cn2)CC1)c1nncn1C. The van der Waals surface area contributed by atoms with Crippen LogP contribution in [-0.2, 0) is 11.8 Å². The highest BCUT2D eigenvalue weighted by Crippen LogP contribution is 2.23. The van der Waals surface area contributed by atoms with Crippen LogP contribution in [0.15, 0.2) is 24.7 Å². The first-order chi connectivity index (χ1) is 12.1. The Bertz CT molecular complexity index is 769. The van der Waals surface area contributed by atoms with E-state index in [1.54, 1.807) is 18.6 Å². The van der Waals surface area contributed by atoms with Crippen LogP contribution in [0.1, 0.15) is 37.2 Å². The Labute approximate surface area is 146 Å². The van der Waals surface area contributed by atoms with E-state index < -0.39 is 0 Å². The summed E-state index contributed by atoms with van der Waals surface area (Å²) in [5, 5.41) is 19.7. The largest absolute Gasteiger partial charge is 0.357 e. The standard InChI is InChI=1S/C17H21N7O/c1-12(16-22-20-11-23(16)2)21-17(25)14-5-7-24(8-6-14)15-4-3-13(9-18)10-19-15/h3-4,10-12,14H,5-8H2,1-2H3,(H,21,25). The van der Waals surface area contributed by atoms with Crippen LogP contribution in [0.2, 0.25) is 0 Å².